The molecule has 2 aliphatic rings. The Morgan fingerprint density at radius 3 is 1.81 bits per heavy atom. The van der Waals surface area contributed by atoms with Crippen molar-refractivity contribution in [3.05, 3.63) is 12.7 Å². The summed E-state index contributed by atoms with van der Waals surface area (Å²) >= 11 is 0. The van der Waals surface area contributed by atoms with Gasteiger partial charge < -0.3 is 29.5 Å². The Balaban J connectivity index is 0. The van der Waals surface area contributed by atoms with Crippen molar-refractivity contribution in [2.45, 2.75) is 13.8 Å². The normalized spacial score (nSPS) is 17.8. The second kappa shape index (κ2) is 17.9. The quantitative estimate of drug-likeness (QED) is 0.545. The predicted molar refractivity (Wildman–Crippen MR) is 110 cm³/mol. The van der Waals surface area contributed by atoms with Gasteiger partial charge in [-0.3, -0.25) is 4.79 Å². The molecule has 0 spiro atoms. The second-order valence-electron chi connectivity index (χ2n) is 6.25. The maximum absolute atomic E-state index is 10.9. The van der Waals surface area contributed by atoms with Gasteiger partial charge in [-0.05, 0) is 14.1 Å². The molecule has 0 saturated carbocycles. The molecule has 0 radical (unpaired) electrons. The van der Waals surface area contributed by atoms with E-state index >= 15 is 0 Å². The average molecular weight is 389 g/mol. The first-order chi connectivity index (χ1) is 12.4. The number of likely N-dealkylation sites (N-methyl/N-ethyl adjacent to an activating group) is 2. The summed E-state index contributed by atoms with van der Waals surface area (Å²) in [6.45, 7) is 13.1. The van der Waals surface area contributed by atoms with Gasteiger partial charge in [0.15, 0.2) is 0 Å². The van der Waals surface area contributed by atoms with E-state index in [-0.39, 0.29) is 13.4 Å². The summed E-state index contributed by atoms with van der Waals surface area (Å²) in [7, 11) is 7.02. The van der Waals surface area contributed by atoms with Crippen molar-refractivity contribution >= 4 is 11.9 Å². The molecule has 0 aliphatic carbocycles. The molecular weight excluding hydrogens is 348 g/mol. The number of methoxy groups -OCH3 is 2. The van der Waals surface area contributed by atoms with Crippen molar-refractivity contribution in [1.82, 2.24) is 20.0 Å². The minimum atomic E-state index is -0.394. The topological polar surface area (TPSA) is 74.3 Å². The van der Waals surface area contributed by atoms with Gasteiger partial charge in [0.05, 0.1) is 20.6 Å². The van der Waals surface area contributed by atoms with E-state index in [4.69, 9.17) is 0 Å². The molecule has 2 saturated heterocycles. The average Bonchev–Trinajstić information content (AvgIpc) is 2.68. The van der Waals surface area contributed by atoms with Crippen LogP contribution in [0.2, 0.25) is 0 Å². The lowest BCUT2D eigenvalue weighted by molar-refractivity contribution is -0.141. The fourth-order valence-electron chi connectivity index (χ4n) is 2.28. The van der Waals surface area contributed by atoms with Crippen LogP contribution in [0.4, 0.5) is 0 Å². The van der Waals surface area contributed by atoms with Gasteiger partial charge in [0, 0.05) is 65.0 Å². The number of nitrogens with one attached hydrogen (secondary N) is 1. The molecule has 2 fully saturated rings. The van der Waals surface area contributed by atoms with E-state index in [2.05, 4.69) is 50.2 Å². The molecule has 0 atom stereocenters. The summed E-state index contributed by atoms with van der Waals surface area (Å²) in [6.07, 6.45) is 1.63. The SMILES string of the molecule is C.C=CC(=O)OC.CN1CCNCC1.COC(=O)CCN1CCN(C)CC1. The Bertz CT molecular complexity index is 393. The summed E-state index contributed by atoms with van der Waals surface area (Å²) in [5.41, 5.74) is 0. The second-order valence-corrected chi connectivity index (χ2v) is 6.25. The summed E-state index contributed by atoms with van der Waals surface area (Å²) in [4.78, 5) is 27.6. The number of carbonyl (C=O) groups is 2. The standard InChI is InChI=1S/C9H18N2O2.C5H12N2.C4H6O2.CH4/c1-10-5-7-11(8-6-10)4-3-9(12)13-2;1-7-4-2-6-3-5-7;1-3-4(5)6-2;/h3-8H2,1-2H3;6H,2-5H2,1H3;3H,1H2,2H3;1H4. The smallest absolute Gasteiger partial charge is 0.329 e. The molecule has 2 rings (SSSR count). The van der Waals surface area contributed by atoms with Gasteiger partial charge in [0.2, 0.25) is 0 Å². The lowest BCUT2D eigenvalue weighted by Gasteiger charge is -2.31. The van der Waals surface area contributed by atoms with Crippen molar-refractivity contribution in [3.63, 3.8) is 0 Å². The summed E-state index contributed by atoms with van der Waals surface area (Å²) in [5, 5.41) is 3.27. The maximum Gasteiger partial charge on any atom is 0.329 e. The molecule has 0 unspecified atom stereocenters. The van der Waals surface area contributed by atoms with Crippen molar-refractivity contribution in [2.75, 3.05) is 87.2 Å². The highest BCUT2D eigenvalue weighted by atomic mass is 16.5. The Morgan fingerprint density at radius 1 is 0.963 bits per heavy atom. The minimum Gasteiger partial charge on any atom is -0.469 e. The molecule has 0 bridgehead atoms. The van der Waals surface area contributed by atoms with Crippen molar-refractivity contribution in [2.24, 2.45) is 0 Å². The highest BCUT2D eigenvalue weighted by Gasteiger charge is 2.14. The first-order valence-corrected chi connectivity index (χ1v) is 9.00. The Kier molecular flexibility index (Phi) is 18.4. The van der Waals surface area contributed by atoms with E-state index in [1.807, 2.05) is 0 Å². The monoisotopic (exact) mass is 388 g/mol. The van der Waals surface area contributed by atoms with Crippen LogP contribution >= 0.6 is 0 Å². The van der Waals surface area contributed by atoms with Crippen LogP contribution in [0.25, 0.3) is 0 Å². The lowest BCUT2D eigenvalue weighted by Crippen LogP contribution is -2.45. The maximum atomic E-state index is 10.9. The molecule has 160 valence electrons. The van der Waals surface area contributed by atoms with Gasteiger partial charge in [-0.15, -0.1) is 0 Å². The van der Waals surface area contributed by atoms with Crippen LogP contribution in [0.1, 0.15) is 13.8 Å². The largest absolute Gasteiger partial charge is 0.469 e. The van der Waals surface area contributed by atoms with Crippen LogP contribution < -0.4 is 5.32 Å². The molecule has 0 aromatic carbocycles. The fourth-order valence-corrected chi connectivity index (χ4v) is 2.28. The minimum absolute atomic E-state index is 0. The van der Waals surface area contributed by atoms with Crippen molar-refractivity contribution in [1.29, 1.82) is 0 Å². The van der Waals surface area contributed by atoms with Crippen LogP contribution in [0.5, 0.6) is 0 Å². The summed E-state index contributed by atoms with van der Waals surface area (Å²) in [5.74, 6) is -0.506. The van der Waals surface area contributed by atoms with Crippen LogP contribution in [0.15, 0.2) is 12.7 Å². The number of rotatable bonds is 4. The van der Waals surface area contributed by atoms with Gasteiger partial charge in [0.25, 0.3) is 0 Å². The zero-order valence-corrected chi connectivity index (χ0v) is 16.8. The molecule has 0 amide bonds. The number of piperazine rings is 2. The van der Waals surface area contributed by atoms with Crippen molar-refractivity contribution < 1.29 is 19.1 Å². The van der Waals surface area contributed by atoms with Gasteiger partial charge in [-0.25, -0.2) is 4.79 Å². The van der Waals surface area contributed by atoms with Gasteiger partial charge in [0.1, 0.15) is 0 Å². The van der Waals surface area contributed by atoms with Gasteiger partial charge in [-0.1, -0.05) is 14.0 Å². The third kappa shape index (κ3) is 16.4. The zero-order chi connectivity index (χ0) is 19.8. The molecule has 0 aromatic heterocycles. The molecule has 27 heavy (non-hydrogen) atoms. The number of hydrogen-bond donors (Lipinski definition) is 1. The van der Waals surface area contributed by atoms with Crippen molar-refractivity contribution in [3.8, 4) is 0 Å². The third-order valence-electron chi connectivity index (χ3n) is 4.16. The van der Waals surface area contributed by atoms with Gasteiger partial charge in [-0.2, -0.15) is 0 Å². The third-order valence-corrected chi connectivity index (χ3v) is 4.16. The Morgan fingerprint density at radius 2 is 1.48 bits per heavy atom. The van der Waals surface area contributed by atoms with Crippen LogP contribution in [-0.2, 0) is 19.1 Å². The molecule has 0 aromatic rings. The molecule has 1 N–H and O–H groups in total. The highest BCUT2D eigenvalue weighted by Crippen LogP contribution is 2.00. The van der Waals surface area contributed by atoms with Crippen LogP contribution in [0.3, 0.4) is 0 Å². The number of esters is 2. The number of ether oxygens (including phenoxy) is 2. The fraction of sp³-hybridized carbons (Fsp3) is 0.789. The first-order valence-electron chi connectivity index (χ1n) is 9.00. The lowest BCUT2D eigenvalue weighted by atomic mass is 10.3. The Hall–Kier alpha value is -1.48. The van der Waals surface area contributed by atoms with Crippen LogP contribution in [-0.4, -0.2) is 114 Å². The van der Waals surface area contributed by atoms with E-state index in [1.54, 1.807) is 0 Å². The number of carbonyl (C=O) groups excluding carboxylic acids is 2. The molecule has 2 heterocycles. The van der Waals surface area contributed by atoms with E-state index in [0.717, 1.165) is 51.9 Å². The van der Waals surface area contributed by atoms with Crippen LogP contribution in [0, 0.1) is 0 Å². The highest BCUT2D eigenvalue weighted by molar-refractivity contribution is 5.80. The predicted octanol–water partition coefficient (Wildman–Crippen LogP) is 0.300. The first kappa shape index (κ1) is 27.7. The zero-order valence-electron chi connectivity index (χ0n) is 16.8. The van der Waals surface area contributed by atoms with E-state index in [0.29, 0.717) is 6.42 Å². The molecule has 8 heteroatoms. The summed E-state index contributed by atoms with van der Waals surface area (Å²) in [6, 6.07) is 0. The van der Waals surface area contributed by atoms with E-state index in [1.165, 1.54) is 27.3 Å². The number of hydrogen-bond acceptors (Lipinski definition) is 8. The molecule has 8 nitrogen and oxygen atoms in total. The summed E-state index contributed by atoms with van der Waals surface area (Å²) < 4.78 is 8.73. The molecular formula is C19H40N4O4. The molecule has 2 aliphatic heterocycles. The van der Waals surface area contributed by atoms with E-state index in [9.17, 15) is 9.59 Å². The van der Waals surface area contributed by atoms with E-state index < -0.39 is 5.97 Å². The number of nitrogens with zero attached hydrogens (tertiary/aromatic N) is 3. The Labute approximate surface area is 165 Å². The van der Waals surface area contributed by atoms with Gasteiger partial charge >= 0.3 is 11.9 Å².